The molecule has 5 rings (SSSR count). The van der Waals surface area contributed by atoms with Crippen molar-refractivity contribution in [1.29, 1.82) is 0 Å². The van der Waals surface area contributed by atoms with Gasteiger partial charge in [-0.1, -0.05) is 68.4 Å². The number of hydrogen-bond donors (Lipinski definition) is 2. The van der Waals surface area contributed by atoms with Crippen molar-refractivity contribution in [3.8, 4) is 5.75 Å². The van der Waals surface area contributed by atoms with Crippen molar-refractivity contribution in [2.45, 2.75) is 38.6 Å². The number of Topliss-reactive ketones (excluding diaryl/α,β-unsaturated/α-hetero) is 1. The van der Waals surface area contributed by atoms with Gasteiger partial charge < -0.3 is 19.7 Å². The van der Waals surface area contributed by atoms with Crippen molar-refractivity contribution in [3.63, 3.8) is 0 Å². The standard InChI is InChI=1S/C32H32N2O4/c1-20(2)22-9-11-23(12-10-22)30-29(28(35)17-21-7-5-4-6-8-21)31(36)32(37)34(30)16-15-24-19-33-27-14-13-25(38-3)18-26(24)27/h4-14,18-20,30,33,36H,15-17H2,1-3H3. The van der Waals surface area contributed by atoms with Crippen LogP contribution in [-0.2, 0) is 22.4 Å². The van der Waals surface area contributed by atoms with E-state index in [0.29, 0.717) is 18.9 Å². The van der Waals surface area contributed by atoms with Gasteiger partial charge in [-0.2, -0.15) is 0 Å². The van der Waals surface area contributed by atoms with E-state index in [1.807, 2.05) is 79.0 Å². The summed E-state index contributed by atoms with van der Waals surface area (Å²) in [6, 6.07) is 22.6. The van der Waals surface area contributed by atoms with Gasteiger partial charge in [0, 0.05) is 30.1 Å². The van der Waals surface area contributed by atoms with Crippen molar-refractivity contribution in [2.75, 3.05) is 13.7 Å². The van der Waals surface area contributed by atoms with Crippen molar-refractivity contribution >= 4 is 22.6 Å². The highest BCUT2D eigenvalue weighted by atomic mass is 16.5. The van der Waals surface area contributed by atoms with Crippen molar-refractivity contribution in [2.24, 2.45) is 0 Å². The number of ketones is 1. The number of H-pyrrole nitrogens is 1. The number of aliphatic hydroxyl groups is 1. The average molecular weight is 509 g/mol. The van der Waals surface area contributed by atoms with E-state index in [1.165, 1.54) is 5.56 Å². The molecule has 194 valence electrons. The molecule has 0 aliphatic carbocycles. The van der Waals surface area contributed by atoms with Gasteiger partial charge in [-0.3, -0.25) is 9.59 Å². The summed E-state index contributed by atoms with van der Waals surface area (Å²) in [5, 5.41) is 12.0. The maximum absolute atomic E-state index is 13.5. The van der Waals surface area contributed by atoms with Gasteiger partial charge in [-0.05, 0) is 52.8 Å². The molecule has 0 fully saturated rings. The number of hydrogen-bond acceptors (Lipinski definition) is 4. The lowest BCUT2D eigenvalue weighted by Crippen LogP contribution is -2.33. The monoisotopic (exact) mass is 508 g/mol. The maximum Gasteiger partial charge on any atom is 0.290 e. The van der Waals surface area contributed by atoms with E-state index < -0.39 is 17.7 Å². The molecular formula is C32H32N2O4. The molecule has 0 bridgehead atoms. The van der Waals surface area contributed by atoms with E-state index >= 15 is 0 Å². The SMILES string of the molecule is COc1ccc2[nH]cc(CCN3C(=O)C(O)=C(C(=O)Cc4ccccc4)C3c3ccc(C(C)C)cc3)c2c1. The molecule has 1 amide bonds. The third-order valence-corrected chi connectivity index (χ3v) is 7.33. The lowest BCUT2D eigenvalue weighted by Gasteiger charge is -2.27. The highest BCUT2D eigenvalue weighted by molar-refractivity contribution is 6.09. The minimum Gasteiger partial charge on any atom is -0.503 e. The van der Waals surface area contributed by atoms with Gasteiger partial charge in [0.1, 0.15) is 5.75 Å². The zero-order valence-corrected chi connectivity index (χ0v) is 21.9. The fourth-order valence-electron chi connectivity index (χ4n) is 5.19. The first-order chi connectivity index (χ1) is 18.4. The summed E-state index contributed by atoms with van der Waals surface area (Å²) in [5.41, 5.74) is 4.99. The summed E-state index contributed by atoms with van der Waals surface area (Å²) in [5.74, 6) is -0.111. The molecule has 1 aliphatic rings. The van der Waals surface area contributed by atoms with Crippen LogP contribution < -0.4 is 4.74 Å². The van der Waals surface area contributed by atoms with E-state index in [2.05, 4.69) is 18.8 Å². The van der Waals surface area contributed by atoms with E-state index in [1.54, 1.807) is 12.0 Å². The van der Waals surface area contributed by atoms with Crippen molar-refractivity contribution < 1.29 is 19.4 Å². The molecule has 2 heterocycles. The van der Waals surface area contributed by atoms with Crippen LogP contribution in [0, 0.1) is 0 Å². The van der Waals surface area contributed by atoms with Crippen LogP contribution in [-0.4, -0.2) is 40.3 Å². The molecule has 0 saturated heterocycles. The van der Waals surface area contributed by atoms with Gasteiger partial charge in [0.05, 0.1) is 18.7 Å². The number of rotatable bonds is 9. The molecule has 0 spiro atoms. The third-order valence-electron chi connectivity index (χ3n) is 7.33. The molecule has 1 aromatic heterocycles. The number of nitrogens with one attached hydrogen (secondary N) is 1. The summed E-state index contributed by atoms with van der Waals surface area (Å²) in [6.07, 6.45) is 2.60. The predicted octanol–water partition coefficient (Wildman–Crippen LogP) is 6.05. The Hall–Kier alpha value is -4.32. The Morgan fingerprint density at radius 2 is 1.79 bits per heavy atom. The quantitative estimate of drug-likeness (QED) is 0.288. The second kappa shape index (κ2) is 10.6. The largest absolute Gasteiger partial charge is 0.503 e. The normalized spacial score (nSPS) is 15.6. The number of fused-ring (bicyclic) bond motifs is 1. The number of benzene rings is 3. The van der Waals surface area contributed by atoms with E-state index in [0.717, 1.165) is 33.3 Å². The van der Waals surface area contributed by atoms with Crippen LogP contribution in [0.25, 0.3) is 10.9 Å². The molecule has 2 N–H and O–H groups in total. The first-order valence-electron chi connectivity index (χ1n) is 12.9. The summed E-state index contributed by atoms with van der Waals surface area (Å²) in [7, 11) is 1.63. The van der Waals surface area contributed by atoms with E-state index in [-0.39, 0.29) is 17.8 Å². The minimum absolute atomic E-state index is 0.115. The molecule has 38 heavy (non-hydrogen) atoms. The molecule has 0 saturated carbocycles. The number of amides is 1. The zero-order valence-electron chi connectivity index (χ0n) is 21.9. The second-order valence-corrected chi connectivity index (χ2v) is 10.0. The van der Waals surface area contributed by atoms with Gasteiger partial charge in [-0.15, -0.1) is 0 Å². The maximum atomic E-state index is 13.5. The highest BCUT2D eigenvalue weighted by Gasteiger charge is 2.43. The molecule has 6 nitrogen and oxygen atoms in total. The summed E-state index contributed by atoms with van der Waals surface area (Å²) in [4.78, 5) is 31.8. The number of nitrogens with zero attached hydrogens (tertiary/aromatic N) is 1. The van der Waals surface area contributed by atoms with Gasteiger partial charge in [0.25, 0.3) is 5.91 Å². The number of methoxy groups -OCH3 is 1. The Morgan fingerprint density at radius 1 is 1.05 bits per heavy atom. The average Bonchev–Trinajstić information content (AvgIpc) is 3.45. The Kier molecular flexibility index (Phi) is 7.05. The van der Waals surface area contributed by atoms with Crippen LogP contribution in [0.5, 0.6) is 5.75 Å². The Morgan fingerprint density at radius 3 is 2.47 bits per heavy atom. The number of carbonyl (C=O) groups is 2. The first kappa shape index (κ1) is 25.3. The van der Waals surface area contributed by atoms with Crippen LogP contribution in [0.4, 0.5) is 0 Å². The number of aromatic nitrogens is 1. The Bertz CT molecular complexity index is 1500. The van der Waals surface area contributed by atoms with Crippen LogP contribution in [0.2, 0.25) is 0 Å². The lowest BCUT2D eigenvalue weighted by atomic mass is 9.91. The molecule has 3 aromatic carbocycles. The minimum atomic E-state index is -0.653. The molecular weight excluding hydrogens is 476 g/mol. The van der Waals surface area contributed by atoms with Crippen LogP contribution in [0.3, 0.4) is 0 Å². The molecule has 1 unspecified atom stereocenters. The predicted molar refractivity (Wildman–Crippen MR) is 148 cm³/mol. The van der Waals surface area contributed by atoms with Gasteiger partial charge in [0.15, 0.2) is 11.5 Å². The number of aliphatic hydroxyl groups excluding tert-OH is 1. The topological polar surface area (TPSA) is 82.6 Å². The Balaban J connectivity index is 1.48. The van der Waals surface area contributed by atoms with E-state index in [4.69, 9.17) is 4.74 Å². The van der Waals surface area contributed by atoms with Crippen molar-refractivity contribution in [1.82, 2.24) is 9.88 Å². The summed E-state index contributed by atoms with van der Waals surface area (Å²) in [6.45, 7) is 4.58. The first-order valence-corrected chi connectivity index (χ1v) is 12.9. The number of ether oxygens (including phenoxy) is 1. The number of aromatic amines is 1. The van der Waals surface area contributed by atoms with Gasteiger partial charge in [0.2, 0.25) is 0 Å². The fourth-order valence-corrected chi connectivity index (χ4v) is 5.19. The smallest absolute Gasteiger partial charge is 0.290 e. The summed E-state index contributed by atoms with van der Waals surface area (Å²) >= 11 is 0. The van der Waals surface area contributed by atoms with Crippen LogP contribution >= 0.6 is 0 Å². The molecule has 1 aliphatic heterocycles. The molecule has 1 atom stereocenters. The summed E-state index contributed by atoms with van der Waals surface area (Å²) < 4.78 is 5.39. The lowest BCUT2D eigenvalue weighted by molar-refractivity contribution is -0.129. The molecule has 6 heteroatoms. The van der Waals surface area contributed by atoms with Gasteiger partial charge >= 0.3 is 0 Å². The van der Waals surface area contributed by atoms with Gasteiger partial charge in [-0.25, -0.2) is 0 Å². The highest BCUT2D eigenvalue weighted by Crippen LogP contribution is 2.39. The molecule has 4 aromatic rings. The Labute approximate surface area is 222 Å². The number of carbonyl (C=O) groups excluding carboxylic acids is 2. The van der Waals surface area contributed by atoms with Crippen LogP contribution in [0.1, 0.15) is 48.1 Å². The second-order valence-electron chi connectivity index (χ2n) is 10.0. The third kappa shape index (κ3) is 4.82. The van der Waals surface area contributed by atoms with Crippen molar-refractivity contribution in [3.05, 3.63) is 113 Å². The fraction of sp³-hybridized carbons (Fsp3) is 0.250. The van der Waals surface area contributed by atoms with E-state index in [9.17, 15) is 14.7 Å². The molecule has 0 radical (unpaired) electrons. The zero-order chi connectivity index (χ0) is 26.8. The van der Waals surface area contributed by atoms with Crippen LogP contribution in [0.15, 0.2) is 90.3 Å².